The number of benzene rings is 10. The molecule has 0 unspecified atom stereocenters. The summed E-state index contributed by atoms with van der Waals surface area (Å²) in [5, 5.41) is 14.9. The number of hydrogen-bond acceptors (Lipinski definition) is 2. The van der Waals surface area contributed by atoms with Crippen LogP contribution in [0.2, 0.25) is 0 Å². The third-order valence-electron chi connectivity index (χ3n) is 18.3. The van der Waals surface area contributed by atoms with Crippen LogP contribution in [0.25, 0.3) is 156 Å². The number of aromatic nitrogens is 4. The van der Waals surface area contributed by atoms with Gasteiger partial charge in [0.05, 0.1) is 22.8 Å². The molecular weight excluding hydrogens is 1020 g/mol. The Morgan fingerprint density at radius 1 is 0.274 bits per heavy atom. The summed E-state index contributed by atoms with van der Waals surface area (Å²) in [4.78, 5) is 20.1. The van der Waals surface area contributed by atoms with Gasteiger partial charge < -0.3 is 9.97 Å². The van der Waals surface area contributed by atoms with Crippen molar-refractivity contribution < 1.29 is 0 Å². The minimum absolute atomic E-state index is 0.114. The Morgan fingerprint density at radius 3 is 0.869 bits per heavy atom. The molecule has 2 aliphatic rings. The maximum atomic E-state index is 5.91. The Kier molecular flexibility index (Phi) is 11.2. The molecular formula is C80H70N4. The second-order valence-electron chi connectivity index (χ2n) is 28.0. The van der Waals surface area contributed by atoms with Crippen LogP contribution < -0.4 is 0 Å². The molecule has 2 N–H and O–H groups in total. The highest BCUT2D eigenvalue weighted by Crippen LogP contribution is 2.47. The number of nitrogens with one attached hydrogen (secondary N) is 2. The van der Waals surface area contributed by atoms with Crippen LogP contribution in [0.15, 0.2) is 170 Å². The average Bonchev–Trinajstić information content (AvgIpc) is 1.27. The zero-order chi connectivity index (χ0) is 57.9. The van der Waals surface area contributed by atoms with Crippen LogP contribution >= 0.6 is 0 Å². The van der Waals surface area contributed by atoms with Gasteiger partial charge in [0, 0.05) is 44.3 Å². The summed E-state index contributed by atoms with van der Waals surface area (Å²) in [5.41, 5.74) is 20.9. The van der Waals surface area contributed by atoms with Gasteiger partial charge in [0.25, 0.3) is 0 Å². The summed E-state index contributed by atoms with van der Waals surface area (Å²) in [7, 11) is 0. The lowest BCUT2D eigenvalue weighted by molar-refractivity contribution is 0.568. The summed E-state index contributed by atoms with van der Waals surface area (Å²) in [6.07, 6.45) is 9.01. The van der Waals surface area contributed by atoms with Crippen LogP contribution in [-0.2, 0) is 21.7 Å². The number of aromatic amines is 2. The summed E-state index contributed by atoms with van der Waals surface area (Å²) < 4.78 is 0. The third-order valence-corrected chi connectivity index (χ3v) is 18.3. The van der Waals surface area contributed by atoms with Gasteiger partial charge in [0.2, 0.25) is 0 Å². The van der Waals surface area contributed by atoms with E-state index in [1.165, 1.54) is 86.9 Å². The second kappa shape index (κ2) is 18.2. The SMILES string of the molecule is CC(C)(C)c1cc(-c2c3nc(c(-c4ccc5ccc6cccc7ccc4c5c67)c4ccc([nH]4)c(-c4cc(C(C)(C)C)cc(C(C)(C)C)c4)c4nc(c(-c5ccc6ccc7cccc8ccc5c6c78)c5ccc2[nH]5)C=C4)C=C3)cc(C(C)(C)C)c1. The monoisotopic (exact) mass is 1090 g/mol. The molecule has 15 rings (SSSR count). The Hall–Kier alpha value is -9.12. The van der Waals surface area contributed by atoms with Gasteiger partial charge >= 0.3 is 0 Å². The molecule has 410 valence electrons. The molecule has 0 atom stereocenters. The summed E-state index contributed by atoms with van der Waals surface area (Å²) in [5.74, 6) is 0. The number of nitrogens with zero attached hydrogens (tertiary/aromatic N) is 2. The lowest BCUT2D eigenvalue weighted by atomic mass is 9.78. The molecule has 2 aliphatic heterocycles. The molecule has 8 bridgehead atoms. The maximum Gasteiger partial charge on any atom is 0.0737 e. The number of fused-ring (bicyclic) bond motifs is 8. The number of hydrogen-bond donors (Lipinski definition) is 2. The van der Waals surface area contributed by atoms with Gasteiger partial charge in [-0.25, -0.2) is 9.97 Å². The van der Waals surface area contributed by atoms with Gasteiger partial charge in [0.1, 0.15) is 0 Å². The number of rotatable bonds is 4. The van der Waals surface area contributed by atoms with E-state index in [-0.39, 0.29) is 21.7 Å². The highest BCUT2D eigenvalue weighted by Gasteiger charge is 2.28. The van der Waals surface area contributed by atoms with Gasteiger partial charge in [-0.2, -0.15) is 0 Å². The first-order valence-corrected chi connectivity index (χ1v) is 30.0. The first-order valence-electron chi connectivity index (χ1n) is 30.0. The fourth-order valence-electron chi connectivity index (χ4n) is 13.6. The predicted octanol–water partition coefficient (Wildman–Crippen LogP) is 22.3. The van der Waals surface area contributed by atoms with Crippen molar-refractivity contribution in [2.24, 2.45) is 0 Å². The molecule has 4 nitrogen and oxygen atoms in total. The van der Waals surface area contributed by atoms with E-state index in [4.69, 9.17) is 9.97 Å². The van der Waals surface area contributed by atoms with Crippen LogP contribution in [0.5, 0.6) is 0 Å². The van der Waals surface area contributed by atoms with Crippen molar-refractivity contribution in [2.75, 3.05) is 0 Å². The van der Waals surface area contributed by atoms with E-state index in [2.05, 4.69) is 287 Å². The molecule has 0 saturated heterocycles. The fourth-order valence-corrected chi connectivity index (χ4v) is 13.6. The number of H-pyrrole nitrogens is 2. The molecule has 13 aromatic rings. The van der Waals surface area contributed by atoms with Crippen LogP contribution in [0.3, 0.4) is 0 Å². The molecule has 0 aliphatic carbocycles. The second-order valence-corrected chi connectivity index (χ2v) is 28.0. The molecule has 10 aromatic carbocycles. The highest BCUT2D eigenvalue weighted by molar-refractivity contribution is 6.27. The topological polar surface area (TPSA) is 57.4 Å². The first-order chi connectivity index (χ1) is 40.1. The maximum absolute atomic E-state index is 5.91. The highest BCUT2D eigenvalue weighted by atomic mass is 14.8. The van der Waals surface area contributed by atoms with Gasteiger partial charge in [-0.05, 0) is 179 Å². The van der Waals surface area contributed by atoms with Crippen molar-refractivity contribution in [1.29, 1.82) is 0 Å². The zero-order valence-electron chi connectivity index (χ0n) is 50.4. The van der Waals surface area contributed by atoms with E-state index in [0.29, 0.717) is 0 Å². The van der Waals surface area contributed by atoms with Crippen LogP contribution in [-0.4, -0.2) is 19.9 Å². The van der Waals surface area contributed by atoms with Gasteiger partial charge in [-0.3, -0.25) is 0 Å². The third kappa shape index (κ3) is 8.31. The Balaban J connectivity index is 1.14. The lowest BCUT2D eigenvalue weighted by Crippen LogP contribution is -2.16. The smallest absolute Gasteiger partial charge is 0.0737 e. The Bertz CT molecular complexity index is 4740. The van der Waals surface area contributed by atoms with Crippen molar-refractivity contribution >= 4 is 111 Å². The van der Waals surface area contributed by atoms with E-state index in [9.17, 15) is 0 Å². The summed E-state index contributed by atoms with van der Waals surface area (Å²) >= 11 is 0. The molecule has 0 spiro atoms. The van der Waals surface area contributed by atoms with E-state index in [1.54, 1.807) is 0 Å². The average molecular weight is 1090 g/mol. The normalized spacial score (nSPS) is 13.4. The van der Waals surface area contributed by atoms with Gasteiger partial charge in [-0.1, -0.05) is 229 Å². The molecule has 0 fully saturated rings. The Labute approximate surface area is 492 Å². The largest absolute Gasteiger partial charge is 0.354 e. The van der Waals surface area contributed by atoms with E-state index >= 15 is 0 Å². The molecule has 0 saturated carbocycles. The summed E-state index contributed by atoms with van der Waals surface area (Å²) in [6.45, 7) is 27.9. The molecule has 4 heteroatoms. The molecule has 5 heterocycles. The van der Waals surface area contributed by atoms with Crippen molar-refractivity contribution in [3.63, 3.8) is 0 Å². The van der Waals surface area contributed by atoms with Crippen LogP contribution in [0, 0.1) is 0 Å². The zero-order valence-corrected chi connectivity index (χ0v) is 50.4. The van der Waals surface area contributed by atoms with Gasteiger partial charge in [0.15, 0.2) is 0 Å². The van der Waals surface area contributed by atoms with Crippen LogP contribution in [0.4, 0.5) is 0 Å². The van der Waals surface area contributed by atoms with Crippen molar-refractivity contribution in [1.82, 2.24) is 19.9 Å². The fraction of sp³-hybridized carbons (Fsp3) is 0.200. The van der Waals surface area contributed by atoms with Crippen molar-refractivity contribution in [3.05, 3.63) is 215 Å². The Morgan fingerprint density at radius 2 is 0.548 bits per heavy atom. The first kappa shape index (κ1) is 51.7. The van der Waals surface area contributed by atoms with Crippen molar-refractivity contribution in [2.45, 2.75) is 105 Å². The van der Waals surface area contributed by atoms with Crippen molar-refractivity contribution in [3.8, 4) is 44.5 Å². The van der Waals surface area contributed by atoms with E-state index in [1.807, 2.05) is 0 Å². The standard InChI is InChI=1S/C80H70N4/c1-77(2,3)53-39-51(40-54(43-53)78(4,5)6)73-61-31-35-65(81-61)75(59-29-25-49-21-19-45-15-13-17-47-23-27-57(59)71(49)69(45)47)67-37-33-63(83-67)74(52-41-55(79(7,8)9)44-56(42-52)80(10,11)12)64-34-38-68(84-64)76(66-36-32-62(73)82-66)60-30-26-50-22-20-46-16-14-18-48-24-28-58(60)72(50)70(46)48/h13-44,81,84H,1-12H3. The van der Waals surface area contributed by atoms with Crippen LogP contribution in [0.1, 0.15) is 128 Å². The minimum atomic E-state index is -0.114. The molecule has 3 aromatic heterocycles. The quantitative estimate of drug-likeness (QED) is 0.173. The van der Waals surface area contributed by atoms with Gasteiger partial charge in [-0.15, -0.1) is 0 Å². The molecule has 84 heavy (non-hydrogen) atoms. The minimum Gasteiger partial charge on any atom is -0.354 e. The molecule has 0 radical (unpaired) electrons. The predicted molar refractivity (Wildman–Crippen MR) is 363 cm³/mol. The van der Waals surface area contributed by atoms with E-state index in [0.717, 1.165) is 89.4 Å². The molecule has 0 amide bonds. The summed E-state index contributed by atoms with van der Waals surface area (Å²) in [6, 6.07) is 64.5. The van der Waals surface area contributed by atoms with E-state index < -0.39 is 0 Å². The lowest BCUT2D eigenvalue weighted by Gasteiger charge is -2.26.